The highest BCUT2D eigenvalue weighted by Crippen LogP contribution is 2.14. The molecule has 0 saturated heterocycles. The van der Waals surface area contributed by atoms with Gasteiger partial charge in [-0.25, -0.2) is 14.4 Å². The number of likely N-dealkylation sites (N-methyl/N-ethyl adjacent to an activating group) is 2. The van der Waals surface area contributed by atoms with Crippen LogP contribution in [0.2, 0.25) is 0 Å². The normalized spacial score (nSPS) is 12.3. The third-order valence-electron chi connectivity index (χ3n) is 7.35. The first-order valence-corrected chi connectivity index (χ1v) is 17.0. The summed E-state index contributed by atoms with van der Waals surface area (Å²) in [6, 6.07) is 4.09. The number of urea groups is 1. The molecule has 1 aromatic carbocycles. The van der Waals surface area contributed by atoms with Gasteiger partial charge in [0.1, 0.15) is 24.3 Å². The van der Waals surface area contributed by atoms with Crippen molar-refractivity contribution in [2.75, 3.05) is 45.6 Å². The summed E-state index contributed by atoms with van der Waals surface area (Å²) in [7, 11) is 3.15. The monoisotopic (exact) mass is 706 g/mol. The molecular weight excluding hydrogens is 648 g/mol. The number of rotatable bonds is 20. The molecule has 1 rings (SSSR count). The topological polar surface area (TPSA) is 228 Å². The molecular formula is C34H58N8O8. The van der Waals surface area contributed by atoms with E-state index in [2.05, 4.69) is 21.3 Å². The first-order valence-electron chi connectivity index (χ1n) is 17.0. The van der Waals surface area contributed by atoms with Gasteiger partial charge in [-0.2, -0.15) is 0 Å². The summed E-state index contributed by atoms with van der Waals surface area (Å²) in [5.41, 5.74) is 11.1. The van der Waals surface area contributed by atoms with E-state index in [0.717, 1.165) is 12.8 Å². The van der Waals surface area contributed by atoms with Gasteiger partial charge >= 0.3 is 18.2 Å². The molecule has 0 bridgehead atoms. The number of nitrogens with zero attached hydrogens (tertiary/aromatic N) is 2. The zero-order chi connectivity index (χ0) is 37.9. The minimum absolute atomic E-state index is 0.0276. The summed E-state index contributed by atoms with van der Waals surface area (Å²) in [5.74, 6) is -1.50. The van der Waals surface area contributed by atoms with Crippen LogP contribution in [0.1, 0.15) is 78.7 Å². The van der Waals surface area contributed by atoms with Crippen LogP contribution >= 0.6 is 0 Å². The van der Waals surface area contributed by atoms with Crippen molar-refractivity contribution in [3.8, 4) is 0 Å². The van der Waals surface area contributed by atoms with Gasteiger partial charge in [0.05, 0.1) is 0 Å². The van der Waals surface area contributed by atoms with Crippen LogP contribution in [0.5, 0.6) is 0 Å². The number of primary amides is 1. The van der Waals surface area contributed by atoms with Crippen LogP contribution in [0, 0.1) is 5.92 Å². The summed E-state index contributed by atoms with van der Waals surface area (Å²) in [5, 5.41) is 10.8. The van der Waals surface area contributed by atoms with E-state index in [1.54, 1.807) is 73.0 Å². The number of nitrogens with one attached hydrogen (secondary N) is 4. The number of ether oxygens (including phenoxy) is 2. The first-order chi connectivity index (χ1) is 23.4. The predicted octanol–water partition coefficient (Wildman–Crippen LogP) is 2.65. The van der Waals surface area contributed by atoms with Crippen molar-refractivity contribution in [1.29, 1.82) is 0 Å². The second-order valence-corrected chi connectivity index (χ2v) is 13.4. The Morgan fingerprint density at radius 3 is 2.02 bits per heavy atom. The summed E-state index contributed by atoms with van der Waals surface area (Å²) < 4.78 is 10.7. The lowest BCUT2D eigenvalue weighted by Crippen LogP contribution is -2.54. The van der Waals surface area contributed by atoms with Crippen molar-refractivity contribution in [3.63, 3.8) is 0 Å². The summed E-state index contributed by atoms with van der Waals surface area (Å²) >= 11 is 0. The lowest BCUT2D eigenvalue weighted by molar-refractivity contribution is -0.132. The molecule has 0 saturated carbocycles. The molecule has 8 N–H and O–H groups in total. The number of carbonyl (C=O) groups is 6. The molecule has 7 amide bonds. The largest absolute Gasteiger partial charge is 0.445 e. The van der Waals surface area contributed by atoms with Gasteiger partial charge in [0.2, 0.25) is 17.7 Å². The average molecular weight is 707 g/mol. The molecule has 1 aromatic rings. The molecule has 0 fully saturated rings. The van der Waals surface area contributed by atoms with Crippen molar-refractivity contribution in [1.82, 2.24) is 25.8 Å². The second-order valence-electron chi connectivity index (χ2n) is 13.4. The lowest BCUT2D eigenvalue weighted by atomic mass is 10.0. The van der Waals surface area contributed by atoms with Crippen LogP contribution in [-0.4, -0.2) is 104 Å². The van der Waals surface area contributed by atoms with Crippen molar-refractivity contribution in [3.05, 3.63) is 29.8 Å². The van der Waals surface area contributed by atoms with E-state index in [0.29, 0.717) is 30.6 Å². The fourth-order valence-electron chi connectivity index (χ4n) is 4.43. The van der Waals surface area contributed by atoms with Crippen LogP contribution in [0.15, 0.2) is 24.3 Å². The molecule has 50 heavy (non-hydrogen) atoms. The maximum absolute atomic E-state index is 13.3. The zero-order valence-corrected chi connectivity index (χ0v) is 30.6. The Morgan fingerprint density at radius 2 is 1.46 bits per heavy atom. The lowest BCUT2D eigenvalue weighted by Gasteiger charge is -2.26. The van der Waals surface area contributed by atoms with Gasteiger partial charge in [-0.3, -0.25) is 14.4 Å². The molecule has 0 spiro atoms. The highest BCUT2D eigenvalue weighted by Gasteiger charge is 2.29. The molecule has 0 aliphatic carbocycles. The molecule has 0 heterocycles. The van der Waals surface area contributed by atoms with E-state index in [-0.39, 0.29) is 50.9 Å². The van der Waals surface area contributed by atoms with E-state index in [4.69, 9.17) is 20.9 Å². The van der Waals surface area contributed by atoms with Crippen molar-refractivity contribution >= 4 is 41.6 Å². The van der Waals surface area contributed by atoms with Crippen molar-refractivity contribution in [2.45, 2.75) is 97.4 Å². The molecule has 1 unspecified atom stereocenters. The van der Waals surface area contributed by atoms with Crippen molar-refractivity contribution < 1.29 is 38.2 Å². The third-order valence-corrected chi connectivity index (χ3v) is 7.35. The Hall–Kier alpha value is -4.60. The molecule has 16 heteroatoms. The highest BCUT2D eigenvalue weighted by atomic mass is 16.6. The number of amides is 7. The quantitative estimate of drug-likeness (QED) is 0.109. The zero-order valence-electron chi connectivity index (χ0n) is 30.6. The van der Waals surface area contributed by atoms with E-state index in [1.165, 1.54) is 9.80 Å². The number of carbonyl (C=O) groups excluding carboxylic acids is 6. The summed E-state index contributed by atoms with van der Waals surface area (Å²) in [6.07, 6.45) is 2.00. The SMILES string of the molecule is CC(C)C(NC(=O)CCCCCN)C(=O)N[C@H](CCCNC(N)=O)C(=O)Nc1ccc(COC(=O)N(C)CCN(C)C(=O)OC(C)(C)C)cc1. The van der Waals surface area contributed by atoms with Gasteiger partial charge in [-0.1, -0.05) is 32.4 Å². The number of anilines is 1. The van der Waals surface area contributed by atoms with Gasteiger partial charge in [-0.05, 0) is 76.6 Å². The molecule has 0 aliphatic heterocycles. The number of unbranched alkanes of at least 4 members (excludes halogenated alkanes) is 2. The van der Waals surface area contributed by atoms with E-state index < -0.39 is 47.7 Å². The van der Waals surface area contributed by atoms with Crippen LogP contribution < -0.4 is 32.7 Å². The van der Waals surface area contributed by atoms with E-state index in [1.807, 2.05) is 0 Å². The fourth-order valence-corrected chi connectivity index (χ4v) is 4.43. The Morgan fingerprint density at radius 1 is 0.840 bits per heavy atom. The van der Waals surface area contributed by atoms with Gasteiger partial charge in [0.25, 0.3) is 0 Å². The Balaban J connectivity index is 2.79. The standard InChI is InChI=1S/C34H58N8O8/c1-23(2)28(40-27(43)13-9-8-10-18-35)30(45)39-26(12-11-19-37-31(36)46)29(44)38-25-16-14-24(15-17-25)22-49-32(47)41(6)20-21-42(7)33(48)50-34(3,4)5/h14-17,23,26,28H,8-13,18-22,35H2,1-7H3,(H,38,44)(H,39,45)(H,40,43)(H3,36,37,46)/t26-,28?/m1/s1. The molecule has 282 valence electrons. The van der Waals surface area contributed by atoms with E-state index >= 15 is 0 Å². The molecule has 2 atom stereocenters. The Labute approximate surface area is 295 Å². The van der Waals surface area contributed by atoms with Gasteiger partial charge in [0.15, 0.2) is 0 Å². The minimum Gasteiger partial charge on any atom is -0.445 e. The molecule has 0 radical (unpaired) electrons. The highest BCUT2D eigenvalue weighted by molar-refractivity contribution is 5.98. The van der Waals surface area contributed by atoms with E-state index in [9.17, 15) is 28.8 Å². The Bertz CT molecular complexity index is 1250. The molecule has 0 aliphatic rings. The van der Waals surface area contributed by atoms with Gasteiger partial charge in [0, 0.05) is 45.8 Å². The minimum atomic E-state index is -0.981. The number of hydrogen-bond acceptors (Lipinski definition) is 9. The average Bonchev–Trinajstić information content (AvgIpc) is 3.03. The van der Waals surface area contributed by atoms with Gasteiger partial charge < -0.3 is 52.0 Å². The number of benzene rings is 1. The number of nitrogens with two attached hydrogens (primary N) is 2. The molecule has 0 aromatic heterocycles. The van der Waals surface area contributed by atoms with Crippen LogP contribution in [0.3, 0.4) is 0 Å². The maximum atomic E-state index is 13.3. The maximum Gasteiger partial charge on any atom is 0.410 e. The smallest absolute Gasteiger partial charge is 0.410 e. The first kappa shape index (κ1) is 43.4. The fraction of sp³-hybridized carbons (Fsp3) is 0.647. The summed E-state index contributed by atoms with van der Waals surface area (Å²) in [4.78, 5) is 77.6. The van der Waals surface area contributed by atoms with Crippen molar-refractivity contribution in [2.24, 2.45) is 17.4 Å². The number of hydrogen-bond donors (Lipinski definition) is 6. The predicted molar refractivity (Wildman–Crippen MR) is 190 cm³/mol. The van der Waals surface area contributed by atoms with Gasteiger partial charge in [-0.15, -0.1) is 0 Å². The van der Waals surface area contributed by atoms with Crippen LogP contribution in [0.25, 0.3) is 0 Å². The van der Waals surface area contributed by atoms with Crippen LogP contribution in [0.4, 0.5) is 20.1 Å². The van der Waals surface area contributed by atoms with Crippen LogP contribution in [-0.2, 0) is 30.5 Å². The third kappa shape index (κ3) is 18.2. The second kappa shape index (κ2) is 22.2. The molecule has 16 nitrogen and oxygen atoms in total. The Kier molecular flexibility index (Phi) is 19.3. The summed E-state index contributed by atoms with van der Waals surface area (Å²) in [6.45, 7) is 10.1.